The van der Waals surface area contributed by atoms with E-state index < -0.39 is 18.7 Å². The number of carbonyl (C=O) groups is 2. The number of carbonyl (C=O) groups excluding carboxylic acids is 2. The molecule has 37 heavy (non-hydrogen) atoms. The van der Waals surface area contributed by atoms with Crippen molar-refractivity contribution in [3.8, 4) is 0 Å². The van der Waals surface area contributed by atoms with Crippen LogP contribution >= 0.6 is 0 Å². The average molecular weight is 491 g/mol. The monoisotopic (exact) mass is 490 g/mol. The van der Waals surface area contributed by atoms with Gasteiger partial charge < -0.3 is 9.47 Å². The number of hydrogen-bond donors (Lipinski definition) is 0. The highest BCUT2D eigenvalue weighted by molar-refractivity contribution is 5.92. The van der Waals surface area contributed by atoms with E-state index in [2.05, 4.69) is 9.98 Å². The molecule has 0 saturated carbocycles. The molecule has 6 nitrogen and oxygen atoms in total. The fraction of sp³-hybridized carbons (Fsp3) is 0.0968. The van der Waals surface area contributed by atoms with Crippen LogP contribution < -0.4 is 0 Å². The Hall–Kier alpha value is -4.84. The number of aliphatic imine (C=N–C) groups is 2. The van der Waals surface area contributed by atoms with E-state index in [-0.39, 0.29) is 0 Å². The summed E-state index contributed by atoms with van der Waals surface area (Å²) in [5, 5.41) is 0. The Morgan fingerprint density at radius 2 is 0.919 bits per heavy atom. The number of aryl methyl sites for hydroxylation is 2. The molecule has 184 valence electrons. The summed E-state index contributed by atoms with van der Waals surface area (Å²) in [5.74, 6) is -1.17. The molecule has 0 amide bonds. The Bertz CT molecular complexity index is 1290. The van der Waals surface area contributed by atoms with E-state index in [1.165, 1.54) is 11.1 Å². The lowest BCUT2D eigenvalue weighted by Crippen LogP contribution is -2.13. The zero-order valence-corrected chi connectivity index (χ0v) is 20.6. The molecule has 0 bridgehead atoms. The van der Waals surface area contributed by atoms with E-state index in [1.54, 1.807) is 61.0 Å². The predicted octanol–water partition coefficient (Wildman–Crippen LogP) is 6.78. The van der Waals surface area contributed by atoms with Gasteiger partial charge in [0.15, 0.2) is 0 Å². The minimum atomic E-state index is -0.586. The van der Waals surface area contributed by atoms with Gasteiger partial charge in [0.25, 0.3) is 0 Å². The summed E-state index contributed by atoms with van der Waals surface area (Å²) in [6, 6.07) is 29.4. The maximum Gasteiger partial charge on any atom is 0.340 e. The summed E-state index contributed by atoms with van der Waals surface area (Å²) in [6.07, 6.45) is 3.45. The van der Waals surface area contributed by atoms with Crippen molar-refractivity contribution < 1.29 is 19.1 Å². The van der Waals surface area contributed by atoms with Gasteiger partial charge in [-0.05, 0) is 73.5 Å². The van der Waals surface area contributed by atoms with E-state index in [1.807, 2.05) is 62.4 Å². The quantitative estimate of drug-likeness (QED) is 0.155. The molecule has 4 aromatic carbocycles. The van der Waals surface area contributed by atoms with E-state index in [0.717, 1.165) is 22.5 Å². The molecular formula is C31H26N2O4. The first kappa shape index (κ1) is 25.3. The number of esters is 2. The van der Waals surface area contributed by atoms with Crippen molar-refractivity contribution in [3.05, 3.63) is 130 Å². The molecule has 0 unspecified atom stereocenters. The maximum atomic E-state index is 12.3. The van der Waals surface area contributed by atoms with Crippen LogP contribution in [0.5, 0.6) is 0 Å². The van der Waals surface area contributed by atoms with Crippen molar-refractivity contribution in [1.82, 2.24) is 0 Å². The third kappa shape index (κ3) is 7.57. The van der Waals surface area contributed by atoms with Gasteiger partial charge in [0.05, 0.1) is 22.5 Å². The minimum absolute atomic E-state index is 0.348. The van der Waals surface area contributed by atoms with Gasteiger partial charge in [-0.1, -0.05) is 59.7 Å². The van der Waals surface area contributed by atoms with E-state index in [9.17, 15) is 9.59 Å². The number of benzene rings is 4. The Balaban J connectivity index is 1.23. The zero-order chi connectivity index (χ0) is 26.0. The van der Waals surface area contributed by atoms with Gasteiger partial charge in [-0.25, -0.2) is 9.59 Å². The van der Waals surface area contributed by atoms with Gasteiger partial charge in [0, 0.05) is 12.4 Å². The second-order valence-electron chi connectivity index (χ2n) is 8.41. The van der Waals surface area contributed by atoms with Crippen LogP contribution in [0.1, 0.15) is 43.0 Å². The highest BCUT2D eigenvalue weighted by Crippen LogP contribution is 2.14. The second-order valence-corrected chi connectivity index (χ2v) is 8.41. The largest absolute Gasteiger partial charge is 0.424 e. The van der Waals surface area contributed by atoms with E-state index in [4.69, 9.17) is 9.47 Å². The molecule has 4 aromatic rings. The molecule has 0 aliphatic rings. The molecule has 6 heteroatoms. The summed E-state index contributed by atoms with van der Waals surface area (Å²) >= 11 is 0. The van der Waals surface area contributed by atoms with E-state index in [0.29, 0.717) is 11.1 Å². The van der Waals surface area contributed by atoms with Crippen LogP contribution in [-0.2, 0) is 9.47 Å². The summed E-state index contributed by atoms with van der Waals surface area (Å²) < 4.78 is 10.2. The molecule has 0 N–H and O–H groups in total. The van der Waals surface area contributed by atoms with Crippen LogP contribution in [0.2, 0.25) is 0 Å². The molecule has 0 aliphatic heterocycles. The van der Waals surface area contributed by atoms with Crippen LogP contribution in [-0.4, -0.2) is 31.2 Å². The van der Waals surface area contributed by atoms with Gasteiger partial charge in [-0.3, -0.25) is 9.98 Å². The van der Waals surface area contributed by atoms with Crippen molar-refractivity contribution in [2.75, 3.05) is 6.79 Å². The van der Waals surface area contributed by atoms with Crippen molar-refractivity contribution in [2.24, 2.45) is 9.98 Å². The molecule has 0 fully saturated rings. The summed E-state index contributed by atoms with van der Waals surface area (Å²) in [6.45, 7) is 3.56. The Kier molecular flexibility index (Phi) is 8.34. The lowest BCUT2D eigenvalue weighted by atomic mass is 10.1. The Morgan fingerprint density at radius 3 is 1.27 bits per heavy atom. The van der Waals surface area contributed by atoms with Crippen LogP contribution in [0.25, 0.3) is 0 Å². The molecule has 0 aliphatic carbocycles. The second kappa shape index (κ2) is 12.2. The number of ether oxygens (including phenoxy) is 2. The van der Waals surface area contributed by atoms with Crippen LogP contribution in [0.15, 0.2) is 107 Å². The van der Waals surface area contributed by atoms with Crippen molar-refractivity contribution in [3.63, 3.8) is 0 Å². The van der Waals surface area contributed by atoms with Crippen molar-refractivity contribution in [1.29, 1.82) is 0 Å². The first-order valence-corrected chi connectivity index (χ1v) is 11.7. The van der Waals surface area contributed by atoms with Gasteiger partial charge in [0.2, 0.25) is 6.79 Å². The summed E-state index contributed by atoms with van der Waals surface area (Å²) in [7, 11) is 0. The third-order valence-corrected chi connectivity index (χ3v) is 5.47. The fourth-order valence-corrected chi connectivity index (χ4v) is 3.27. The van der Waals surface area contributed by atoms with Crippen LogP contribution in [0, 0.1) is 13.8 Å². The minimum Gasteiger partial charge on any atom is -0.424 e. The number of nitrogens with zero attached hydrogens (tertiary/aromatic N) is 2. The molecule has 0 aromatic heterocycles. The fourth-order valence-electron chi connectivity index (χ4n) is 3.27. The van der Waals surface area contributed by atoms with Crippen LogP contribution in [0.3, 0.4) is 0 Å². The zero-order valence-electron chi connectivity index (χ0n) is 20.6. The molecule has 0 atom stereocenters. The number of rotatable bonds is 8. The third-order valence-electron chi connectivity index (χ3n) is 5.47. The number of hydrogen-bond acceptors (Lipinski definition) is 6. The van der Waals surface area contributed by atoms with Gasteiger partial charge >= 0.3 is 11.9 Å². The van der Waals surface area contributed by atoms with E-state index >= 15 is 0 Å². The molecule has 0 saturated heterocycles. The van der Waals surface area contributed by atoms with Crippen molar-refractivity contribution >= 4 is 35.7 Å². The van der Waals surface area contributed by atoms with Crippen LogP contribution in [0.4, 0.5) is 11.4 Å². The van der Waals surface area contributed by atoms with Gasteiger partial charge in [-0.2, -0.15) is 0 Å². The lowest BCUT2D eigenvalue weighted by molar-refractivity contribution is -0.0167. The molecule has 0 heterocycles. The standard InChI is InChI=1S/C31H26N2O4/c1-22-3-15-28(16-4-22)32-19-24-7-11-26(12-8-24)30(34)36-21-37-31(35)27-13-9-25(10-14-27)20-33-29-17-5-23(2)6-18-29/h3-20H,21H2,1-2H3. The molecular weight excluding hydrogens is 464 g/mol. The first-order valence-electron chi connectivity index (χ1n) is 11.7. The topological polar surface area (TPSA) is 77.3 Å². The predicted molar refractivity (Wildman–Crippen MR) is 145 cm³/mol. The Morgan fingerprint density at radius 1 is 0.568 bits per heavy atom. The normalized spacial score (nSPS) is 11.1. The van der Waals surface area contributed by atoms with Gasteiger partial charge in [-0.15, -0.1) is 0 Å². The maximum absolute atomic E-state index is 12.3. The molecule has 0 spiro atoms. The first-order chi connectivity index (χ1) is 18.0. The molecule has 4 rings (SSSR count). The van der Waals surface area contributed by atoms with Gasteiger partial charge in [0.1, 0.15) is 0 Å². The highest BCUT2D eigenvalue weighted by atomic mass is 16.7. The summed E-state index contributed by atoms with van der Waals surface area (Å²) in [5.41, 5.74) is 6.42. The SMILES string of the molecule is Cc1ccc(N=Cc2ccc(C(=O)OCOC(=O)c3ccc(C=Nc4ccc(C)cc4)cc3)cc2)cc1. The van der Waals surface area contributed by atoms with Crippen molar-refractivity contribution in [2.45, 2.75) is 13.8 Å². The summed E-state index contributed by atoms with van der Waals surface area (Å²) in [4.78, 5) is 33.4. The molecule has 0 radical (unpaired) electrons. The lowest BCUT2D eigenvalue weighted by Gasteiger charge is -2.07. The Labute approximate surface area is 215 Å². The highest BCUT2D eigenvalue weighted by Gasteiger charge is 2.10. The smallest absolute Gasteiger partial charge is 0.340 e. The average Bonchev–Trinajstić information content (AvgIpc) is 2.93.